The maximum absolute atomic E-state index is 3.96. The quantitative estimate of drug-likeness (QED) is 0.570. The highest BCUT2D eigenvalue weighted by atomic mass is 14.9. The first-order valence-electron chi connectivity index (χ1n) is 9.12. The van der Waals surface area contributed by atoms with Crippen LogP contribution in [0.1, 0.15) is 61.8 Å². The van der Waals surface area contributed by atoms with Crippen LogP contribution in [0.5, 0.6) is 0 Å². The third kappa shape index (κ3) is 10.5. The number of nitrogens with one attached hydrogen (secondary N) is 2. The Hall–Kier alpha value is -1.28. The van der Waals surface area contributed by atoms with Crippen molar-refractivity contribution in [3.8, 4) is 0 Å². The minimum absolute atomic E-state index is 0.124. The maximum Gasteiger partial charge on any atom is 0.0287 e. The molecule has 1 unspecified atom stereocenters. The molecule has 0 saturated heterocycles. The first-order chi connectivity index (χ1) is 11.1. The van der Waals surface area contributed by atoms with Gasteiger partial charge in [-0.3, -0.25) is 0 Å². The van der Waals surface area contributed by atoms with Crippen LogP contribution in [0.2, 0.25) is 0 Å². The van der Waals surface area contributed by atoms with Gasteiger partial charge in [0.2, 0.25) is 0 Å². The largest absolute Gasteiger partial charge is 0.394 e. The molecule has 0 amide bonds. The molecule has 0 spiro atoms. The molecule has 0 heterocycles. The highest BCUT2D eigenvalue weighted by Crippen LogP contribution is 2.28. The van der Waals surface area contributed by atoms with Gasteiger partial charge in [-0.25, -0.2) is 0 Å². The Morgan fingerprint density at radius 1 is 0.958 bits per heavy atom. The Balaban J connectivity index is 0. The molecule has 1 atom stereocenters. The molecule has 0 aliphatic rings. The molecule has 2 heteroatoms. The third-order valence-corrected chi connectivity index (χ3v) is 3.72. The van der Waals surface area contributed by atoms with Crippen molar-refractivity contribution in [3.05, 3.63) is 48.2 Å². The van der Waals surface area contributed by atoms with E-state index in [4.69, 9.17) is 0 Å². The van der Waals surface area contributed by atoms with Gasteiger partial charge in [0.25, 0.3) is 0 Å². The second-order valence-corrected chi connectivity index (χ2v) is 7.74. The summed E-state index contributed by atoms with van der Waals surface area (Å²) in [5, 5.41) is 6.46. The summed E-state index contributed by atoms with van der Waals surface area (Å²) < 4.78 is 0. The minimum Gasteiger partial charge on any atom is -0.394 e. The van der Waals surface area contributed by atoms with Crippen molar-refractivity contribution in [1.29, 1.82) is 0 Å². The molecule has 24 heavy (non-hydrogen) atoms. The van der Waals surface area contributed by atoms with Gasteiger partial charge in [0, 0.05) is 13.1 Å². The SMILES string of the molecule is C=C/C(=C\C(C/C=C(\C=C/NC)C(C)(C)C)NC)C(C)(C)C.CC. The summed E-state index contributed by atoms with van der Waals surface area (Å²) >= 11 is 0. The summed E-state index contributed by atoms with van der Waals surface area (Å²) in [6.07, 6.45) is 11.7. The molecule has 0 bridgehead atoms. The first-order valence-corrected chi connectivity index (χ1v) is 9.12. The summed E-state index contributed by atoms with van der Waals surface area (Å²) in [4.78, 5) is 0. The van der Waals surface area contributed by atoms with Gasteiger partial charge in [-0.15, -0.1) is 0 Å². The van der Waals surface area contributed by atoms with E-state index in [1.165, 1.54) is 11.1 Å². The van der Waals surface area contributed by atoms with E-state index in [-0.39, 0.29) is 10.8 Å². The molecule has 0 aromatic heterocycles. The van der Waals surface area contributed by atoms with Crippen molar-refractivity contribution < 1.29 is 0 Å². The zero-order valence-corrected chi connectivity index (χ0v) is 17.9. The molecule has 2 nitrogen and oxygen atoms in total. The summed E-state index contributed by atoms with van der Waals surface area (Å²) in [7, 11) is 3.94. The van der Waals surface area contributed by atoms with Crippen LogP contribution >= 0.6 is 0 Å². The lowest BCUT2D eigenvalue weighted by Gasteiger charge is -2.24. The van der Waals surface area contributed by atoms with E-state index in [0.29, 0.717) is 6.04 Å². The molecule has 0 saturated carbocycles. The summed E-state index contributed by atoms with van der Waals surface area (Å²) in [5.74, 6) is 0. The van der Waals surface area contributed by atoms with E-state index >= 15 is 0 Å². The fraction of sp³-hybridized carbons (Fsp3) is 0.636. The molecular weight excluding hydrogens is 292 g/mol. The number of hydrogen-bond donors (Lipinski definition) is 2. The van der Waals surface area contributed by atoms with E-state index in [1.54, 1.807) is 0 Å². The Morgan fingerprint density at radius 3 is 1.79 bits per heavy atom. The van der Waals surface area contributed by atoms with Crippen molar-refractivity contribution in [3.63, 3.8) is 0 Å². The van der Waals surface area contributed by atoms with Gasteiger partial charge in [-0.05, 0) is 47.7 Å². The second kappa shape index (κ2) is 12.1. The van der Waals surface area contributed by atoms with Crippen LogP contribution in [0, 0.1) is 10.8 Å². The van der Waals surface area contributed by atoms with Crippen LogP contribution in [-0.2, 0) is 0 Å². The number of allylic oxidation sites excluding steroid dienone is 4. The van der Waals surface area contributed by atoms with Gasteiger partial charge in [0.1, 0.15) is 0 Å². The fourth-order valence-corrected chi connectivity index (χ4v) is 2.16. The molecule has 0 fully saturated rings. The highest BCUT2D eigenvalue weighted by Gasteiger charge is 2.17. The van der Waals surface area contributed by atoms with E-state index in [2.05, 4.69) is 77.0 Å². The van der Waals surface area contributed by atoms with Crippen molar-refractivity contribution in [2.75, 3.05) is 14.1 Å². The average Bonchev–Trinajstić information content (AvgIpc) is 2.49. The number of hydrogen-bond acceptors (Lipinski definition) is 2. The van der Waals surface area contributed by atoms with Crippen LogP contribution in [-0.4, -0.2) is 20.1 Å². The van der Waals surface area contributed by atoms with E-state index in [1.807, 2.05) is 40.2 Å². The topological polar surface area (TPSA) is 24.1 Å². The van der Waals surface area contributed by atoms with Gasteiger partial charge < -0.3 is 10.6 Å². The summed E-state index contributed by atoms with van der Waals surface area (Å²) in [6.45, 7) is 21.4. The molecular formula is C22H42N2. The number of rotatable bonds is 7. The lowest BCUT2D eigenvalue weighted by molar-refractivity contribution is 0.504. The fourth-order valence-electron chi connectivity index (χ4n) is 2.16. The molecule has 0 aliphatic heterocycles. The first kappa shape index (κ1) is 25.0. The highest BCUT2D eigenvalue weighted by molar-refractivity contribution is 5.28. The van der Waals surface area contributed by atoms with Crippen molar-refractivity contribution in [1.82, 2.24) is 10.6 Å². The van der Waals surface area contributed by atoms with Crippen LogP contribution < -0.4 is 10.6 Å². The normalized spacial score (nSPS) is 14.9. The monoisotopic (exact) mass is 334 g/mol. The lowest BCUT2D eigenvalue weighted by Crippen LogP contribution is -2.24. The van der Waals surface area contributed by atoms with Crippen LogP contribution in [0.25, 0.3) is 0 Å². The van der Waals surface area contributed by atoms with Gasteiger partial charge in [-0.1, -0.05) is 80.2 Å². The Kier molecular flexibility index (Phi) is 12.6. The van der Waals surface area contributed by atoms with Crippen LogP contribution in [0.3, 0.4) is 0 Å². The molecule has 0 rings (SSSR count). The van der Waals surface area contributed by atoms with Crippen molar-refractivity contribution in [2.45, 2.75) is 67.9 Å². The summed E-state index contributed by atoms with van der Waals surface area (Å²) in [5.41, 5.74) is 2.88. The van der Waals surface area contributed by atoms with E-state index in [0.717, 1.165) is 6.42 Å². The number of likely N-dealkylation sites (N-methyl/N-ethyl adjacent to an activating group) is 1. The van der Waals surface area contributed by atoms with Crippen LogP contribution in [0.15, 0.2) is 48.2 Å². The zero-order valence-electron chi connectivity index (χ0n) is 17.9. The standard InChI is InChI=1S/C20H36N2.C2H6/c1-10-16(19(2,3)4)15-18(22-9)12-11-17(13-14-21-8)20(5,6)7;1-2/h10-11,13-15,18,21-22H,1,12H2,2-9H3;1-2H3/b14-13-,16-15+,17-11+;. The predicted molar refractivity (Wildman–Crippen MR) is 112 cm³/mol. The van der Waals surface area contributed by atoms with Crippen LogP contribution in [0.4, 0.5) is 0 Å². The van der Waals surface area contributed by atoms with Gasteiger partial charge in [-0.2, -0.15) is 0 Å². The summed E-state index contributed by atoms with van der Waals surface area (Å²) in [6, 6.07) is 0.313. The molecule has 0 radical (unpaired) electrons. The smallest absolute Gasteiger partial charge is 0.0287 e. The Labute approximate surface area is 152 Å². The maximum atomic E-state index is 3.96. The van der Waals surface area contributed by atoms with Gasteiger partial charge in [0.05, 0.1) is 0 Å². The van der Waals surface area contributed by atoms with E-state index < -0.39 is 0 Å². The van der Waals surface area contributed by atoms with Gasteiger partial charge >= 0.3 is 0 Å². The Bertz CT molecular complexity index is 426. The molecule has 2 N–H and O–H groups in total. The zero-order chi connectivity index (χ0) is 19.4. The van der Waals surface area contributed by atoms with E-state index in [9.17, 15) is 0 Å². The molecule has 0 aromatic carbocycles. The van der Waals surface area contributed by atoms with Gasteiger partial charge in [0.15, 0.2) is 0 Å². The Morgan fingerprint density at radius 2 is 1.46 bits per heavy atom. The van der Waals surface area contributed by atoms with Crippen molar-refractivity contribution >= 4 is 0 Å². The van der Waals surface area contributed by atoms with Crippen molar-refractivity contribution in [2.24, 2.45) is 10.8 Å². The minimum atomic E-state index is 0.124. The predicted octanol–water partition coefficient (Wildman–Crippen LogP) is 5.85. The molecule has 140 valence electrons. The third-order valence-electron chi connectivity index (χ3n) is 3.72. The lowest BCUT2D eigenvalue weighted by atomic mass is 9.83. The molecule has 0 aromatic rings. The molecule has 0 aliphatic carbocycles. The average molecular weight is 335 g/mol. The second-order valence-electron chi connectivity index (χ2n) is 7.74.